The number of rotatable bonds is 5. The minimum absolute atomic E-state index is 0.0217. The molecule has 1 aliphatic rings. The number of methoxy groups -OCH3 is 1. The summed E-state index contributed by atoms with van der Waals surface area (Å²) in [6.07, 6.45) is 8.81. The fourth-order valence-corrected chi connectivity index (χ4v) is 2.98. The Balaban J connectivity index is 2.18. The number of nitrogens with zero attached hydrogens (tertiary/aromatic N) is 2. The van der Waals surface area contributed by atoms with Crippen molar-refractivity contribution in [3.63, 3.8) is 0 Å². The Morgan fingerprint density at radius 2 is 2.30 bits per heavy atom. The van der Waals surface area contributed by atoms with Crippen LogP contribution in [0.15, 0.2) is 6.20 Å². The Labute approximate surface area is 136 Å². The highest BCUT2D eigenvalue weighted by Gasteiger charge is 2.37. The van der Waals surface area contributed by atoms with E-state index in [9.17, 15) is 9.59 Å². The van der Waals surface area contributed by atoms with Crippen LogP contribution in [0.1, 0.15) is 50.7 Å². The van der Waals surface area contributed by atoms with Crippen LogP contribution in [0.5, 0.6) is 0 Å². The van der Waals surface area contributed by atoms with Crippen molar-refractivity contribution in [1.82, 2.24) is 14.9 Å². The van der Waals surface area contributed by atoms with Gasteiger partial charge in [0, 0.05) is 6.54 Å². The minimum Gasteiger partial charge on any atom is -0.469 e. The van der Waals surface area contributed by atoms with Gasteiger partial charge in [-0.1, -0.05) is 19.8 Å². The number of carbonyl (C=O) groups excluding carboxylic acids is 2. The van der Waals surface area contributed by atoms with Gasteiger partial charge in [-0.05, 0) is 18.8 Å². The molecular weight excluding hydrogens is 294 g/mol. The molecule has 1 aromatic heterocycles. The van der Waals surface area contributed by atoms with Gasteiger partial charge in [-0.15, -0.1) is 6.42 Å². The van der Waals surface area contributed by atoms with Crippen LogP contribution in [-0.2, 0) is 14.3 Å². The van der Waals surface area contributed by atoms with Crippen LogP contribution in [0, 0.1) is 24.2 Å². The van der Waals surface area contributed by atoms with Gasteiger partial charge in [-0.2, -0.15) is 0 Å². The van der Waals surface area contributed by atoms with Crippen LogP contribution >= 0.6 is 0 Å². The summed E-state index contributed by atoms with van der Waals surface area (Å²) < 4.78 is 4.72. The summed E-state index contributed by atoms with van der Waals surface area (Å²) in [5.41, 5.74) is 0.606. The smallest absolute Gasteiger partial charge is 0.306 e. The zero-order chi connectivity index (χ0) is 17.0. The van der Waals surface area contributed by atoms with E-state index in [2.05, 4.69) is 15.9 Å². The average Bonchev–Trinajstić information content (AvgIpc) is 3.19. The molecule has 0 aromatic carbocycles. The predicted molar refractivity (Wildman–Crippen MR) is 85.2 cm³/mol. The molecule has 1 aromatic rings. The zero-order valence-corrected chi connectivity index (χ0v) is 13.8. The van der Waals surface area contributed by atoms with Crippen molar-refractivity contribution in [2.45, 2.75) is 39.2 Å². The summed E-state index contributed by atoms with van der Waals surface area (Å²) >= 11 is 0. The van der Waals surface area contributed by atoms with Crippen molar-refractivity contribution < 1.29 is 14.3 Å². The van der Waals surface area contributed by atoms with E-state index in [1.165, 1.54) is 7.11 Å². The molecule has 0 unspecified atom stereocenters. The Bertz CT molecular complexity index is 615. The lowest BCUT2D eigenvalue weighted by Gasteiger charge is -2.29. The number of aromatic nitrogens is 2. The fourth-order valence-electron chi connectivity index (χ4n) is 2.98. The number of H-pyrrole nitrogens is 1. The summed E-state index contributed by atoms with van der Waals surface area (Å²) in [6, 6.07) is -0.108. The summed E-state index contributed by atoms with van der Waals surface area (Å²) in [5, 5.41) is 0. The molecule has 0 bridgehead atoms. The maximum absolute atomic E-state index is 12.9. The van der Waals surface area contributed by atoms with E-state index >= 15 is 0 Å². The molecule has 1 fully saturated rings. The first-order valence-corrected chi connectivity index (χ1v) is 7.86. The third-order valence-corrected chi connectivity index (χ3v) is 4.34. The lowest BCUT2D eigenvalue weighted by Crippen LogP contribution is -2.39. The second-order valence-electron chi connectivity index (χ2n) is 6.15. The first-order chi connectivity index (χ1) is 11.0. The molecule has 2 rings (SSSR count). The maximum Gasteiger partial charge on any atom is 0.306 e. The van der Waals surface area contributed by atoms with Gasteiger partial charge in [0.05, 0.1) is 31.7 Å². The van der Waals surface area contributed by atoms with E-state index < -0.39 is 0 Å². The Kier molecular flexibility index (Phi) is 5.43. The van der Waals surface area contributed by atoms with Crippen LogP contribution in [-0.4, -0.2) is 40.4 Å². The molecule has 2 heterocycles. The van der Waals surface area contributed by atoms with Gasteiger partial charge >= 0.3 is 5.97 Å². The number of imidazole rings is 1. The Morgan fingerprint density at radius 3 is 2.87 bits per heavy atom. The van der Waals surface area contributed by atoms with Gasteiger partial charge in [-0.25, -0.2) is 4.98 Å². The molecule has 0 spiro atoms. The summed E-state index contributed by atoms with van der Waals surface area (Å²) in [5.74, 6) is 2.51. The molecule has 23 heavy (non-hydrogen) atoms. The molecule has 0 aliphatic carbocycles. The molecule has 2 atom stereocenters. The van der Waals surface area contributed by atoms with E-state index in [4.69, 9.17) is 11.2 Å². The van der Waals surface area contributed by atoms with Crippen LogP contribution < -0.4 is 0 Å². The standard InChI is InChI=1S/C17H23N3O3/c1-5-12-10-18-16(19-12)14-7-6-8-20(14)17(22)13(11(2)3)9-15(21)23-4/h1,10-11,13-14H,6-9H2,2-4H3,(H,18,19)/t13-,14-/m0/s1. The van der Waals surface area contributed by atoms with Gasteiger partial charge < -0.3 is 14.6 Å². The van der Waals surface area contributed by atoms with Crippen molar-refractivity contribution in [3.8, 4) is 12.3 Å². The van der Waals surface area contributed by atoms with E-state index in [0.717, 1.165) is 12.8 Å². The number of aromatic amines is 1. The second-order valence-corrected chi connectivity index (χ2v) is 6.15. The molecule has 1 amide bonds. The second kappa shape index (κ2) is 7.32. The largest absolute Gasteiger partial charge is 0.469 e. The number of likely N-dealkylation sites (tertiary alicyclic amines) is 1. The fraction of sp³-hybridized carbons (Fsp3) is 0.588. The van der Waals surface area contributed by atoms with Gasteiger partial charge in [0.2, 0.25) is 5.91 Å². The van der Waals surface area contributed by atoms with E-state index in [0.29, 0.717) is 18.1 Å². The first-order valence-electron chi connectivity index (χ1n) is 7.86. The van der Waals surface area contributed by atoms with Crippen molar-refractivity contribution in [2.75, 3.05) is 13.7 Å². The Hall–Kier alpha value is -2.29. The zero-order valence-electron chi connectivity index (χ0n) is 13.8. The SMILES string of the molecule is C#Cc1cnc([C@@H]2CCCN2C(=O)[C@@H](CC(=O)OC)C(C)C)[nH]1. The number of nitrogens with one attached hydrogen (secondary N) is 1. The van der Waals surface area contributed by atoms with Crippen molar-refractivity contribution >= 4 is 11.9 Å². The minimum atomic E-state index is -0.384. The summed E-state index contributed by atoms with van der Waals surface area (Å²) in [4.78, 5) is 33.7. The molecule has 0 radical (unpaired) electrons. The lowest BCUT2D eigenvalue weighted by molar-refractivity contribution is -0.148. The van der Waals surface area contributed by atoms with Crippen LogP contribution in [0.3, 0.4) is 0 Å². The van der Waals surface area contributed by atoms with E-state index in [1.807, 2.05) is 18.7 Å². The quantitative estimate of drug-likeness (QED) is 0.665. The topological polar surface area (TPSA) is 75.3 Å². The van der Waals surface area contributed by atoms with E-state index in [-0.39, 0.29) is 36.2 Å². The van der Waals surface area contributed by atoms with Crippen molar-refractivity contribution in [1.29, 1.82) is 0 Å². The van der Waals surface area contributed by atoms with Crippen molar-refractivity contribution in [2.24, 2.45) is 11.8 Å². The molecule has 124 valence electrons. The summed E-state index contributed by atoms with van der Waals surface area (Å²) in [7, 11) is 1.34. The number of esters is 1. The number of ether oxygens (including phenoxy) is 1. The summed E-state index contributed by atoms with van der Waals surface area (Å²) in [6.45, 7) is 4.56. The lowest BCUT2D eigenvalue weighted by atomic mass is 9.91. The predicted octanol–water partition coefficient (Wildman–Crippen LogP) is 1.89. The molecule has 6 heteroatoms. The molecule has 1 saturated heterocycles. The van der Waals surface area contributed by atoms with Gasteiger partial charge in [0.15, 0.2) is 0 Å². The maximum atomic E-state index is 12.9. The van der Waals surface area contributed by atoms with Gasteiger partial charge in [0.1, 0.15) is 11.5 Å². The highest BCUT2D eigenvalue weighted by Crippen LogP contribution is 2.33. The normalized spacial score (nSPS) is 18.7. The highest BCUT2D eigenvalue weighted by atomic mass is 16.5. The molecule has 1 N–H and O–H groups in total. The number of hydrogen-bond acceptors (Lipinski definition) is 4. The van der Waals surface area contributed by atoms with Crippen LogP contribution in [0.4, 0.5) is 0 Å². The first kappa shape index (κ1) is 17.1. The van der Waals surface area contributed by atoms with Crippen molar-refractivity contribution in [3.05, 3.63) is 17.7 Å². The highest BCUT2D eigenvalue weighted by molar-refractivity contribution is 5.84. The van der Waals surface area contributed by atoms with E-state index in [1.54, 1.807) is 6.20 Å². The van der Waals surface area contributed by atoms with Gasteiger partial charge in [0.25, 0.3) is 0 Å². The Morgan fingerprint density at radius 1 is 1.57 bits per heavy atom. The number of hydrogen-bond donors (Lipinski definition) is 1. The monoisotopic (exact) mass is 317 g/mol. The molecule has 1 aliphatic heterocycles. The molecule has 6 nitrogen and oxygen atoms in total. The number of carbonyl (C=O) groups is 2. The average molecular weight is 317 g/mol. The van der Waals surface area contributed by atoms with Gasteiger partial charge in [-0.3, -0.25) is 9.59 Å². The van der Waals surface area contributed by atoms with Crippen LogP contribution in [0.2, 0.25) is 0 Å². The molecular formula is C17H23N3O3. The third kappa shape index (κ3) is 3.73. The number of terminal acetylenes is 1. The number of amides is 1. The molecule has 0 saturated carbocycles. The third-order valence-electron chi connectivity index (χ3n) is 4.34. The van der Waals surface area contributed by atoms with Crippen LogP contribution in [0.25, 0.3) is 0 Å².